The van der Waals surface area contributed by atoms with Crippen molar-refractivity contribution in [3.05, 3.63) is 53.8 Å². The highest BCUT2D eigenvalue weighted by Gasteiger charge is 2.48. The molecule has 0 radical (unpaired) electrons. The van der Waals surface area contributed by atoms with Crippen LogP contribution in [0.25, 0.3) is 33.6 Å². The molecule has 1 amide bonds. The first kappa shape index (κ1) is 23.6. The van der Waals surface area contributed by atoms with Gasteiger partial charge < -0.3 is 28.4 Å². The molecule has 2 aromatic carbocycles. The maximum atomic E-state index is 14.6. The summed E-state index contributed by atoms with van der Waals surface area (Å²) in [6, 6.07) is 11.8. The number of methoxy groups -OCH3 is 1. The molecular formula is C26H25FN4O6. The molecule has 10 nitrogen and oxygen atoms in total. The summed E-state index contributed by atoms with van der Waals surface area (Å²) in [6.45, 7) is 3.12. The average Bonchev–Trinajstić information content (AvgIpc) is 3.55. The van der Waals surface area contributed by atoms with E-state index in [0.717, 1.165) is 5.56 Å². The molecule has 2 saturated heterocycles. The number of morpholine rings is 1. The van der Waals surface area contributed by atoms with Crippen LogP contribution >= 0.6 is 0 Å². The number of ether oxygens (including phenoxy) is 4. The molecule has 2 fully saturated rings. The Morgan fingerprint density at radius 1 is 1.14 bits per heavy atom. The summed E-state index contributed by atoms with van der Waals surface area (Å²) in [5.41, 5.74) is 2.59. The van der Waals surface area contributed by atoms with Gasteiger partial charge in [0.1, 0.15) is 23.5 Å². The largest absolute Gasteiger partial charge is 0.488 e. The Bertz CT molecular complexity index is 1430. The number of amides is 1. The van der Waals surface area contributed by atoms with Crippen molar-refractivity contribution in [1.82, 2.24) is 20.3 Å². The van der Waals surface area contributed by atoms with Gasteiger partial charge in [-0.25, -0.2) is 4.39 Å². The molecule has 192 valence electrons. The first-order valence-electron chi connectivity index (χ1n) is 11.9. The minimum Gasteiger partial charge on any atom is -0.488 e. The summed E-state index contributed by atoms with van der Waals surface area (Å²) in [6.07, 6.45) is 0. The first-order chi connectivity index (χ1) is 18.1. The normalized spacial score (nSPS) is 16.8. The summed E-state index contributed by atoms with van der Waals surface area (Å²) < 4.78 is 41.5. The van der Waals surface area contributed by atoms with E-state index in [9.17, 15) is 9.18 Å². The topological polar surface area (TPSA) is 112 Å². The quantitative estimate of drug-likeness (QED) is 0.379. The van der Waals surface area contributed by atoms with Gasteiger partial charge in [-0.1, -0.05) is 17.3 Å². The Balaban J connectivity index is 1.21. The fourth-order valence-electron chi connectivity index (χ4n) is 4.64. The van der Waals surface area contributed by atoms with E-state index in [2.05, 4.69) is 15.4 Å². The Morgan fingerprint density at radius 3 is 2.70 bits per heavy atom. The molecular weight excluding hydrogens is 483 g/mol. The standard InChI is InChI=1S/C26H25FN4O6/c1-33-8-9-36-22-12-21-18(10-19(22)27)24(29-28-21)23-11-20(30-37-23)16-2-4-17(5-3-16)25(32)31-6-7-34-13-26(31)14-35-15-26/h2-5,10-12H,6-9,13-15H2,1H3,(H,28,29). The van der Waals surface area contributed by atoms with Crippen molar-refractivity contribution >= 4 is 16.8 Å². The molecule has 6 rings (SSSR count). The third-order valence-corrected chi connectivity index (χ3v) is 6.72. The second-order valence-electron chi connectivity index (χ2n) is 9.12. The van der Waals surface area contributed by atoms with E-state index in [0.29, 0.717) is 73.2 Å². The van der Waals surface area contributed by atoms with Crippen LogP contribution in [-0.4, -0.2) is 85.0 Å². The maximum Gasteiger partial charge on any atom is 0.254 e. The van der Waals surface area contributed by atoms with E-state index in [1.807, 2.05) is 17.0 Å². The fourth-order valence-corrected chi connectivity index (χ4v) is 4.64. The lowest BCUT2D eigenvalue weighted by atomic mass is 9.93. The summed E-state index contributed by atoms with van der Waals surface area (Å²) in [5.74, 6) is -0.0640. The number of fused-ring (bicyclic) bond motifs is 1. The maximum absolute atomic E-state index is 14.6. The number of nitrogens with zero attached hydrogens (tertiary/aromatic N) is 3. The number of carbonyl (C=O) groups is 1. The lowest BCUT2D eigenvalue weighted by Gasteiger charge is -2.51. The predicted molar refractivity (Wildman–Crippen MR) is 130 cm³/mol. The van der Waals surface area contributed by atoms with Crippen LogP contribution in [0, 0.1) is 5.82 Å². The van der Waals surface area contributed by atoms with Crippen LogP contribution in [0.3, 0.4) is 0 Å². The van der Waals surface area contributed by atoms with Gasteiger partial charge in [-0.2, -0.15) is 5.10 Å². The van der Waals surface area contributed by atoms with Gasteiger partial charge in [-0.3, -0.25) is 9.89 Å². The van der Waals surface area contributed by atoms with Crippen molar-refractivity contribution in [2.45, 2.75) is 5.54 Å². The molecule has 2 aliphatic rings. The fraction of sp³-hybridized carbons (Fsp3) is 0.346. The second kappa shape index (κ2) is 9.58. The van der Waals surface area contributed by atoms with E-state index in [1.54, 1.807) is 31.4 Å². The van der Waals surface area contributed by atoms with Crippen LogP contribution in [0.4, 0.5) is 4.39 Å². The Labute approximate surface area is 211 Å². The number of halogens is 1. The summed E-state index contributed by atoms with van der Waals surface area (Å²) in [5, 5.41) is 11.9. The number of H-pyrrole nitrogens is 1. The highest BCUT2D eigenvalue weighted by Crippen LogP contribution is 2.34. The lowest BCUT2D eigenvalue weighted by Crippen LogP contribution is -2.69. The van der Waals surface area contributed by atoms with E-state index < -0.39 is 5.82 Å². The number of hydrogen-bond donors (Lipinski definition) is 1. The van der Waals surface area contributed by atoms with E-state index in [4.69, 9.17) is 23.5 Å². The molecule has 0 atom stereocenters. The SMILES string of the molecule is COCCOc1cc2[nH]nc(-c3cc(-c4ccc(C(=O)N5CCOCC56COC6)cc4)no3)c2cc1F. The minimum atomic E-state index is -0.512. The number of rotatable bonds is 7. The minimum absolute atomic E-state index is 0.0467. The summed E-state index contributed by atoms with van der Waals surface area (Å²) in [7, 11) is 1.55. The van der Waals surface area contributed by atoms with Gasteiger partial charge in [0.2, 0.25) is 0 Å². The number of nitrogens with one attached hydrogen (secondary N) is 1. The Morgan fingerprint density at radius 2 is 1.95 bits per heavy atom. The van der Waals surface area contributed by atoms with Crippen LogP contribution in [0.2, 0.25) is 0 Å². The van der Waals surface area contributed by atoms with E-state index in [1.165, 1.54) is 6.07 Å². The molecule has 1 spiro atoms. The van der Waals surface area contributed by atoms with Crippen LogP contribution in [-0.2, 0) is 14.2 Å². The zero-order valence-corrected chi connectivity index (χ0v) is 20.2. The van der Waals surface area contributed by atoms with Gasteiger partial charge in [0, 0.05) is 42.3 Å². The van der Waals surface area contributed by atoms with Crippen LogP contribution < -0.4 is 4.74 Å². The monoisotopic (exact) mass is 508 g/mol. The van der Waals surface area contributed by atoms with Gasteiger partial charge in [-0.15, -0.1) is 0 Å². The molecule has 2 aliphatic heterocycles. The number of benzene rings is 2. The average molecular weight is 509 g/mol. The summed E-state index contributed by atoms with van der Waals surface area (Å²) >= 11 is 0. The molecule has 4 heterocycles. The number of hydrogen-bond acceptors (Lipinski definition) is 8. The van der Waals surface area contributed by atoms with E-state index >= 15 is 0 Å². The van der Waals surface area contributed by atoms with Gasteiger partial charge in [0.25, 0.3) is 5.91 Å². The third kappa shape index (κ3) is 4.24. The molecule has 0 aliphatic carbocycles. The number of aromatic amines is 1. The van der Waals surface area contributed by atoms with Crippen molar-refractivity contribution in [3.63, 3.8) is 0 Å². The molecule has 0 unspecified atom stereocenters. The molecule has 0 bridgehead atoms. The zero-order valence-electron chi connectivity index (χ0n) is 20.2. The van der Waals surface area contributed by atoms with E-state index in [-0.39, 0.29) is 23.8 Å². The predicted octanol–water partition coefficient (Wildman–Crippen LogP) is 3.29. The van der Waals surface area contributed by atoms with Crippen molar-refractivity contribution in [2.75, 3.05) is 53.3 Å². The molecule has 1 N–H and O–H groups in total. The van der Waals surface area contributed by atoms with Gasteiger partial charge in [0.05, 0.1) is 38.6 Å². The van der Waals surface area contributed by atoms with Crippen LogP contribution in [0.15, 0.2) is 47.0 Å². The van der Waals surface area contributed by atoms with Gasteiger partial charge in [-0.05, 0) is 18.2 Å². The molecule has 2 aromatic heterocycles. The smallest absolute Gasteiger partial charge is 0.254 e. The Kier molecular flexibility index (Phi) is 6.11. The number of carbonyl (C=O) groups excluding carboxylic acids is 1. The molecule has 37 heavy (non-hydrogen) atoms. The highest BCUT2D eigenvalue weighted by molar-refractivity contribution is 5.96. The molecule has 4 aromatic rings. The van der Waals surface area contributed by atoms with Crippen molar-refractivity contribution < 1.29 is 32.7 Å². The van der Waals surface area contributed by atoms with Gasteiger partial charge in [0.15, 0.2) is 17.3 Å². The highest BCUT2D eigenvalue weighted by atomic mass is 19.1. The molecule has 11 heteroatoms. The van der Waals surface area contributed by atoms with Gasteiger partial charge >= 0.3 is 0 Å². The second-order valence-corrected chi connectivity index (χ2v) is 9.12. The van der Waals surface area contributed by atoms with Crippen LogP contribution in [0.5, 0.6) is 5.75 Å². The van der Waals surface area contributed by atoms with Crippen molar-refractivity contribution in [2.24, 2.45) is 0 Å². The number of aromatic nitrogens is 3. The third-order valence-electron chi connectivity index (χ3n) is 6.72. The molecule has 0 saturated carbocycles. The zero-order chi connectivity index (χ0) is 25.4. The lowest BCUT2D eigenvalue weighted by molar-refractivity contribution is -0.181. The Hall–Kier alpha value is -3.80. The van der Waals surface area contributed by atoms with Crippen molar-refractivity contribution in [3.8, 4) is 28.5 Å². The van der Waals surface area contributed by atoms with Crippen molar-refractivity contribution in [1.29, 1.82) is 0 Å². The summed E-state index contributed by atoms with van der Waals surface area (Å²) in [4.78, 5) is 15.0. The first-order valence-corrected chi connectivity index (χ1v) is 11.9. The van der Waals surface area contributed by atoms with Crippen LogP contribution in [0.1, 0.15) is 10.4 Å².